The summed E-state index contributed by atoms with van der Waals surface area (Å²) in [7, 11) is 0. The molecule has 1 heterocycles. The highest BCUT2D eigenvalue weighted by Gasteiger charge is 2.47. The fourth-order valence-corrected chi connectivity index (χ4v) is 2.22. The second-order valence-electron chi connectivity index (χ2n) is 4.03. The van der Waals surface area contributed by atoms with Crippen molar-refractivity contribution in [3.63, 3.8) is 0 Å². The van der Waals surface area contributed by atoms with Crippen molar-refractivity contribution in [2.45, 2.75) is 16.7 Å². The lowest BCUT2D eigenvalue weighted by atomic mass is 10.1. The summed E-state index contributed by atoms with van der Waals surface area (Å²) in [5.41, 5.74) is 0. The number of alkyl halides is 1. The van der Waals surface area contributed by atoms with Gasteiger partial charge in [-0.2, -0.15) is 0 Å². The lowest BCUT2D eigenvalue weighted by molar-refractivity contribution is -0.0776. The first kappa shape index (κ1) is 13.8. The summed E-state index contributed by atoms with van der Waals surface area (Å²) in [6, 6.07) is 9.25. The highest BCUT2D eigenvalue weighted by Crippen LogP contribution is 2.32. The Morgan fingerprint density at radius 1 is 1.33 bits per heavy atom. The first-order valence-electron chi connectivity index (χ1n) is 5.56. The van der Waals surface area contributed by atoms with Gasteiger partial charge in [-0.25, -0.2) is 0 Å². The van der Waals surface area contributed by atoms with Gasteiger partial charge in [0, 0.05) is 0 Å². The third kappa shape index (κ3) is 3.21. The molecule has 0 amide bonds. The SMILES string of the molecule is OC1COC(Br)(COCOc2ccccc2)C1O. The minimum Gasteiger partial charge on any atom is -0.468 e. The molecule has 5 nitrogen and oxygen atoms in total. The monoisotopic (exact) mass is 318 g/mol. The molecule has 0 spiro atoms. The van der Waals surface area contributed by atoms with Gasteiger partial charge >= 0.3 is 0 Å². The van der Waals surface area contributed by atoms with Crippen LogP contribution < -0.4 is 4.74 Å². The van der Waals surface area contributed by atoms with Crippen LogP contribution in [0.15, 0.2) is 30.3 Å². The Balaban J connectivity index is 1.73. The Morgan fingerprint density at radius 3 is 2.67 bits per heavy atom. The highest BCUT2D eigenvalue weighted by atomic mass is 79.9. The van der Waals surface area contributed by atoms with Gasteiger partial charge in [-0.1, -0.05) is 18.2 Å². The molecule has 1 aromatic rings. The number of benzene rings is 1. The summed E-state index contributed by atoms with van der Waals surface area (Å²) >= 11 is 3.23. The predicted molar refractivity (Wildman–Crippen MR) is 67.5 cm³/mol. The van der Waals surface area contributed by atoms with Gasteiger partial charge in [-0.15, -0.1) is 0 Å². The topological polar surface area (TPSA) is 68.2 Å². The molecule has 0 aliphatic carbocycles. The Labute approximate surface area is 113 Å². The summed E-state index contributed by atoms with van der Waals surface area (Å²) in [5.74, 6) is 0.703. The molecule has 0 bridgehead atoms. The first-order valence-corrected chi connectivity index (χ1v) is 6.36. The van der Waals surface area contributed by atoms with Crippen molar-refractivity contribution >= 4 is 15.9 Å². The van der Waals surface area contributed by atoms with Crippen LogP contribution in [0.1, 0.15) is 0 Å². The zero-order valence-corrected chi connectivity index (χ0v) is 11.2. The smallest absolute Gasteiger partial charge is 0.189 e. The molecule has 1 aliphatic heterocycles. The normalized spacial score (nSPS) is 31.5. The van der Waals surface area contributed by atoms with E-state index in [1.165, 1.54) is 0 Å². The van der Waals surface area contributed by atoms with E-state index in [-0.39, 0.29) is 20.0 Å². The maximum Gasteiger partial charge on any atom is 0.189 e. The van der Waals surface area contributed by atoms with Crippen molar-refractivity contribution in [2.75, 3.05) is 20.0 Å². The standard InChI is InChI=1S/C12H15BrO5/c13-12(11(15)10(14)6-18-12)7-16-8-17-9-4-2-1-3-5-9/h1-5,10-11,14-15H,6-8H2. The van der Waals surface area contributed by atoms with Crippen molar-refractivity contribution in [3.05, 3.63) is 30.3 Å². The van der Waals surface area contributed by atoms with Crippen LogP contribution in [0.3, 0.4) is 0 Å². The molecule has 1 aromatic carbocycles. The van der Waals surface area contributed by atoms with E-state index >= 15 is 0 Å². The van der Waals surface area contributed by atoms with E-state index < -0.39 is 16.7 Å². The quantitative estimate of drug-likeness (QED) is 0.479. The van der Waals surface area contributed by atoms with Gasteiger partial charge in [0.05, 0.1) is 13.2 Å². The molecule has 2 rings (SSSR count). The molecule has 2 N–H and O–H groups in total. The minimum absolute atomic E-state index is 0.0452. The largest absolute Gasteiger partial charge is 0.468 e. The lowest BCUT2D eigenvalue weighted by Crippen LogP contribution is -2.41. The van der Waals surface area contributed by atoms with E-state index in [4.69, 9.17) is 14.2 Å². The third-order valence-corrected chi connectivity index (χ3v) is 3.58. The van der Waals surface area contributed by atoms with Gasteiger partial charge < -0.3 is 24.4 Å². The molecule has 18 heavy (non-hydrogen) atoms. The fourth-order valence-electron chi connectivity index (χ4n) is 1.62. The minimum atomic E-state index is -1.06. The van der Waals surface area contributed by atoms with Crippen LogP contribution in [0.25, 0.3) is 0 Å². The maximum absolute atomic E-state index is 9.69. The van der Waals surface area contributed by atoms with Crippen LogP contribution in [-0.2, 0) is 9.47 Å². The number of rotatable bonds is 5. The Bertz CT molecular complexity index is 374. The molecular weight excluding hydrogens is 304 g/mol. The van der Waals surface area contributed by atoms with Gasteiger partial charge in [0.15, 0.2) is 11.3 Å². The number of hydrogen-bond donors (Lipinski definition) is 2. The van der Waals surface area contributed by atoms with Crippen LogP contribution in [0.4, 0.5) is 0 Å². The molecule has 0 saturated carbocycles. The predicted octanol–water partition coefficient (Wildman–Crippen LogP) is 0.883. The number of aliphatic hydroxyl groups excluding tert-OH is 2. The fraction of sp³-hybridized carbons (Fsp3) is 0.500. The summed E-state index contributed by atoms with van der Waals surface area (Å²) < 4.78 is 14.8. The number of para-hydroxylation sites is 1. The summed E-state index contributed by atoms with van der Waals surface area (Å²) in [6.45, 7) is 0.205. The van der Waals surface area contributed by atoms with E-state index in [0.717, 1.165) is 0 Å². The first-order chi connectivity index (χ1) is 8.62. The average molecular weight is 319 g/mol. The average Bonchev–Trinajstić information content (AvgIpc) is 2.65. The molecule has 1 saturated heterocycles. The molecular formula is C12H15BrO5. The van der Waals surface area contributed by atoms with Gasteiger partial charge in [0.2, 0.25) is 0 Å². The maximum atomic E-state index is 9.69. The second-order valence-corrected chi connectivity index (χ2v) is 5.38. The van der Waals surface area contributed by atoms with Crippen molar-refractivity contribution in [1.29, 1.82) is 0 Å². The van der Waals surface area contributed by atoms with Gasteiger partial charge in [-0.05, 0) is 28.1 Å². The van der Waals surface area contributed by atoms with Crippen LogP contribution in [0.2, 0.25) is 0 Å². The summed E-state index contributed by atoms with van der Waals surface area (Å²) in [4.78, 5) is 0. The summed E-state index contributed by atoms with van der Waals surface area (Å²) in [6.07, 6.45) is -1.92. The molecule has 1 fully saturated rings. The summed E-state index contributed by atoms with van der Waals surface area (Å²) in [5, 5.41) is 19.1. The van der Waals surface area contributed by atoms with Crippen LogP contribution >= 0.6 is 15.9 Å². The second kappa shape index (κ2) is 5.99. The molecule has 3 atom stereocenters. The van der Waals surface area contributed by atoms with Crippen LogP contribution in [0.5, 0.6) is 5.75 Å². The van der Waals surface area contributed by atoms with E-state index in [9.17, 15) is 10.2 Å². The van der Waals surface area contributed by atoms with Crippen molar-refractivity contribution < 1.29 is 24.4 Å². The number of halogens is 1. The lowest BCUT2D eigenvalue weighted by Gasteiger charge is -2.24. The van der Waals surface area contributed by atoms with Gasteiger partial charge in [-0.3, -0.25) is 0 Å². The molecule has 1 aliphatic rings. The van der Waals surface area contributed by atoms with Crippen molar-refractivity contribution in [3.8, 4) is 5.75 Å². The molecule has 0 aromatic heterocycles. The van der Waals surface area contributed by atoms with Crippen molar-refractivity contribution in [2.24, 2.45) is 0 Å². The van der Waals surface area contributed by atoms with Gasteiger partial charge in [0.25, 0.3) is 0 Å². The van der Waals surface area contributed by atoms with E-state index in [1.807, 2.05) is 30.3 Å². The van der Waals surface area contributed by atoms with Crippen LogP contribution in [0, 0.1) is 0 Å². The van der Waals surface area contributed by atoms with Crippen LogP contribution in [-0.4, -0.2) is 46.9 Å². The van der Waals surface area contributed by atoms with E-state index in [2.05, 4.69) is 15.9 Å². The number of ether oxygens (including phenoxy) is 3. The van der Waals surface area contributed by atoms with E-state index in [1.54, 1.807) is 0 Å². The highest BCUT2D eigenvalue weighted by molar-refractivity contribution is 9.10. The number of hydrogen-bond acceptors (Lipinski definition) is 5. The molecule has 6 heteroatoms. The number of aliphatic hydroxyl groups is 2. The molecule has 100 valence electrons. The zero-order valence-electron chi connectivity index (χ0n) is 9.66. The Hall–Kier alpha value is -0.660. The molecule has 3 unspecified atom stereocenters. The van der Waals surface area contributed by atoms with Crippen molar-refractivity contribution in [1.82, 2.24) is 0 Å². The Kier molecular flexibility index (Phi) is 4.58. The van der Waals surface area contributed by atoms with E-state index in [0.29, 0.717) is 5.75 Å². The zero-order chi connectivity index (χ0) is 13.0. The van der Waals surface area contributed by atoms with Gasteiger partial charge in [0.1, 0.15) is 18.0 Å². The molecule has 0 radical (unpaired) electrons. The Morgan fingerprint density at radius 2 is 2.06 bits per heavy atom. The third-order valence-electron chi connectivity index (χ3n) is 2.65.